The van der Waals surface area contributed by atoms with Crippen molar-refractivity contribution in [1.29, 1.82) is 0 Å². The van der Waals surface area contributed by atoms with Gasteiger partial charge in [0.25, 0.3) is 0 Å². The average Bonchev–Trinajstić information content (AvgIpc) is 2.40. The Morgan fingerprint density at radius 1 is 1.42 bits per heavy atom. The van der Waals surface area contributed by atoms with Crippen molar-refractivity contribution in [2.24, 2.45) is 5.92 Å². The molecule has 1 heterocycles. The summed E-state index contributed by atoms with van der Waals surface area (Å²) < 4.78 is 26.4. The molecule has 1 aliphatic rings. The second-order valence-electron chi connectivity index (χ2n) is 5.31. The normalized spacial score (nSPS) is 20.7. The van der Waals surface area contributed by atoms with Crippen molar-refractivity contribution in [3.63, 3.8) is 0 Å². The molecule has 1 fully saturated rings. The van der Waals surface area contributed by atoms with Crippen LogP contribution in [0, 0.1) is 12.8 Å². The Bertz CT molecular complexity index is 522. The van der Waals surface area contributed by atoms with Crippen LogP contribution in [0.1, 0.15) is 18.4 Å². The fraction of sp³-hybridized carbons (Fsp3) is 0.571. The van der Waals surface area contributed by atoms with Crippen LogP contribution in [-0.4, -0.2) is 39.4 Å². The van der Waals surface area contributed by atoms with Crippen LogP contribution in [-0.2, 0) is 10.0 Å². The van der Waals surface area contributed by atoms with Crippen molar-refractivity contribution in [3.8, 4) is 0 Å². The zero-order valence-corrected chi connectivity index (χ0v) is 12.4. The number of aryl methyl sites for hydroxylation is 1. The molecule has 4 nitrogen and oxygen atoms in total. The molecule has 0 aromatic heterocycles. The van der Waals surface area contributed by atoms with Crippen molar-refractivity contribution in [3.05, 3.63) is 29.8 Å². The van der Waals surface area contributed by atoms with Gasteiger partial charge in [-0.2, -0.15) is 0 Å². The SMILES string of the molecule is Cc1cccc(S(=O)(=O)N(C)CC2CCCNC2)c1. The summed E-state index contributed by atoms with van der Waals surface area (Å²) in [6, 6.07) is 7.09. The average molecular weight is 282 g/mol. The first-order chi connectivity index (χ1) is 9.00. The van der Waals surface area contributed by atoms with Gasteiger partial charge < -0.3 is 5.32 Å². The molecule has 1 aliphatic heterocycles. The largest absolute Gasteiger partial charge is 0.316 e. The van der Waals surface area contributed by atoms with Crippen LogP contribution in [0.2, 0.25) is 0 Å². The third-order valence-electron chi connectivity index (χ3n) is 3.61. The first-order valence-corrected chi connectivity index (χ1v) is 8.18. The molecular weight excluding hydrogens is 260 g/mol. The summed E-state index contributed by atoms with van der Waals surface area (Å²) in [5.41, 5.74) is 0.966. The van der Waals surface area contributed by atoms with Crippen LogP contribution in [0.3, 0.4) is 0 Å². The minimum absolute atomic E-state index is 0.388. The van der Waals surface area contributed by atoms with E-state index in [4.69, 9.17) is 0 Å². The number of nitrogens with one attached hydrogen (secondary N) is 1. The number of nitrogens with zero attached hydrogens (tertiary/aromatic N) is 1. The smallest absolute Gasteiger partial charge is 0.242 e. The molecule has 0 amide bonds. The molecule has 0 saturated carbocycles. The van der Waals surface area contributed by atoms with E-state index >= 15 is 0 Å². The molecule has 5 heteroatoms. The Morgan fingerprint density at radius 2 is 2.21 bits per heavy atom. The minimum atomic E-state index is -3.36. The Morgan fingerprint density at radius 3 is 2.84 bits per heavy atom. The van der Waals surface area contributed by atoms with Gasteiger partial charge in [0.1, 0.15) is 0 Å². The topological polar surface area (TPSA) is 49.4 Å². The molecule has 2 rings (SSSR count). The van der Waals surface area contributed by atoms with Crippen LogP contribution in [0.15, 0.2) is 29.2 Å². The van der Waals surface area contributed by atoms with E-state index < -0.39 is 10.0 Å². The molecule has 0 aliphatic carbocycles. The lowest BCUT2D eigenvalue weighted by Gasteiger charge is -2.27. The van der Waals surface area contributed by atoms with Crippen molar-refractivity contribution in [1.82, 2.24) is 9.62 Å². The minimum Gasteiger partial charge on any atom is -0.316 e. The Labute approximate surface area is 115 Å². The maximum absolute atomic E-state index is 12.5. The molecule has 1 unspecified atom stereocenters. The molecule has 1 aromatic carbocycles. The van der Waals surface area contributed by atoms with Crippen molar-refractivity contribution in [2.75, 3.05) is 26.7 Å². The van der Waals surface area contributed by atoms with Gasteiger partial charge in [-0.05, 0) is 56.5 Å². The molecule has 0 spiro atoms. The standard InChI is InChI=1S/C14H22N2O2S/c1-12-5-3-7-14(9-12)19(17,18)16(2)11-13-6-4-8-15-10-13/h3,5,7,9,13,15H,4,6,8,10-11H2,1-2H3. The predicted octanol–water partition coefficient (Wildman–Crippen LogP) is 1.62. The van der Waals surface area contributed by atoms with E-state index in [-0.39, 0.29) is 0 Å². The van der Waals surface area contributed by atoms with Crippen LogP contribution in [0.4, 0.5) is 0 Å². The van der Waals surface area contributed by atoms with Gasteiger partial charge in [-0.1, -0.05) is 12.1 Å². The quantitative estimate of drug-likeness (QED) is 0.913. The first-order valence-electron chi connectivity index (χ1n) is 6.74. The van der Waals surface area contributed by atoms with Crippen LogP contribution in [0.25, 0.3) is 0 Å². The van der Waals surface area contributed by atoms with E-state index in [0.717, 1.165) is 31.5 Å². The Kier molecular flexibility index (Phi) is 4.60. The number of benzene rings is 1. The number of rotatable bonds is 4. The van der Waals surface area contributed by atoms with Gasteiger partial charge >= 0.3 is 0 Å². The van der Waals surface area contributed by atoms with E-state index in [1.165, 1.54) is 4.31 Å². The van der Waals surface area contributed by atoms with Gasteiger partial charge in [-0.3, -0.25) is 0 Å². The highest BCUT2D eigenvalue weighted by Crippen LogP contribution is 2.19. The number of hydrogen-bond donors (Lipinski definition) is 1. The van der Waals surface area contributed by atoms with Crippen LogP contribution in [0.5, 0.6) is 0 Å². The highest BCUT2D eigenvalue weighted by molar-refractivity contribution is 7.89. The van der Waals surface area contributed by atoms with Gasteiger partial charge in [-0.15, -0.1) is 0 Å². The Hall–Kier alpha value is -0.910. The maximum atomic E-state index is 12.5. The Balaban J connectivity index is 2.10. The van der Waals surface area contributed by atoms with Gasteiger partial charge in [0, 0.05) is 13.6 Å². The van der Waals surface area contributed by atoms with E-state index in [1.54, 1.807) is 25.2 Å². The van der Waals surface area contributed by atoms with Crippen molar-refractivity contribution in [2.45, 2.75) is 24.7 Å². The molecule has 19 heavy (non-hydrogen) atoms. The lowest BCUT2D eigenvalue weighted by atomic mass is 10.00. The molecule has 106 valence electrons. The summed E-state index contributed by atoms with van der Waals surface area (Å²) in [6.07, 6.45) is 2.23. The molecule has 0 radical (unpaired) electrons. The van der Waals surface area contributed by atoms with Crippen LogP contribution >= 0.6 is 0 Å². The summed E-state index contributed by atoms with van der Waals surface area (Å²) >= 11 is 0. The lowest BCUT2D eigenvalue weighted by molar-refractivity contribution is 0.315. The van der Waals surface area contributed by atoms with E-state index in [9.17, 15) is 8.42 Å². The van der Waals surface area contributed by atoms with E-state index in [1.807, 2.05) is 13.0 Å². The van der Waals surface area contributed by atoms with E-state index in [0.29, 0.717) is 17.4 Å². The molecule has 1 atom stereocenters. The summed E-state index contributed by atoms with van der Waals surface area (Å²) in [4.78, 5) is 0.388. The summed E-state index contributed by atoms with van der Waals surface area (Å²) in [5.74, 6) is 0.415. The summed E-state index contributed by atoms with van der Waals surface area (Å²) in [7, 11) is -1.68. The summed E-state index contributed by atoms with van der Waals surface area (Å²) in [6.45, 7) is 4.45. The van der Waals surface area contributed by atoms with Gasteiger partial charge in [0.15, 0.2) is 0 Å². The van der Waals surface area contributed by atoms with Gasteiger partial charge in [0.2, 0.25) is 10.0 Å². The van der Waals surface area contributed by atoms with Crippen molar-refractivity contribution < 1.29 is 8.42 Å². The van der Waals surface area contributed by atoms with E-state index in [2.05, 4.69) is 5.32 Å². The monoisotopic (exact) mass is 282 g/mol. The zero-order chi connectivity index (χ0) is 13.9. The fourth-order valence-corrected chi connectivity index (χ4v) is 3.85. The predicted molar refractivity (Wildman–Crippen MR) is 76.6 cm³/mol. The number of piperidine rings is 1. The summed E-state index contributed by atoms with van der Waals surface area (Å²) in [5, 5.41) is 3.32. The fourth-order valence-electron chi connectivity index (χ4n) is 2.50. The molecule has 1 saturated heterocycles. The lowest BCUT2D eigenvalue weighted by Crippen LogP contribution is -2.39. The highest BCUT2D eigenvalue weighted by Gasteiger charge is 2.24. The molecule has 0 bridgehead atoms. The van der Waals surface area contributed by atoms with Crippen LogP contribution < -0.4 is 5.32 Å². The highest BCUT2D eigenvalue weighted by atomic mass is 32.2. The zero-order valence-electron chi connectivity index (χ0n) is 11.6. The van der Waals surface area contributed by atoms with Gasteiger partial charge in [-0.25, -0.2) is 12.7 Å². The van der Waals surface area contributed by atoms with Gasteiger partial charge in [0.05, 0.1) is 4.90 Å². The first kappa shape index (κ1) is 14.5. The second kappa shape index (κ2) is 6.03. The third-order valence-corrected chi connectivity index (χ3v) is 5.43. The second-order valence-corrected chi connectivity index (χ2v) is 7.36. The molecule has 1 N–H and O–H groups in total. The number of hydrogen-bond acceptors (Lipinski definition) is 3. The molecule has 1 aromatic rings. The number of sulfonamides is 1. The molecular formula is C14H22N2O2S. The van der Waals surface area contributed by atoms with Crippen molar-refractivity contribution >= 4 is 10.0 Å². The maximum Gasteiger partial charge on any atom is 0.242 e. The third kappa shape index (κ3) is 3.55.